The summed E-state index contributed by atoms with van der Waals surface area (Å²) in [5.74, 6) is 0.569. The molecule has 64 valence electrons. The SMILES string of the molecule is OCC(O)CO.OCCS. The molecule has 0 bridgehead atoms. The van der Waals surface area contributed by atoms with Crippen LogP contribution in [0.5, 0.6) is 0 Å². The quantitative estimate of drug-likeness (QED) is 0.325. The van der Waals surface area contributed by atoms with E-state index in [4.69, 9.17) is 20.4 Å². The van der Waals surface area contributed by atoms with Crippen LogP contribution in [0.4, 0.5) is 0 Å². The minimum Gasteiger partial charge on any atom is -0.396 e. The molecule has 0 radical (unpaired) electrons. The molecular weight excluding hydrogens is 156 g/mol. The second-order valence-electron chi connectivity index (χ2n) is 1.47. The maximum absolute atomic E-state index is 8.17. The second kappa shape index (κ2) is 11.9. The predicted molar refractivity (Wildman–Crippen MR) is 41.1 cm³/mol. The van der Waals surface area contributed by atoms with Crippen LogP contribution in [0.2, 0.25) is 0 Å². The molecule has 0 aromatic heterocycles. The molecule has 4 nitrogen and oxygen atoms in total. The van der Waals surface area contributed by atoms with Crippen molar-refractivity contribution in [1.82, 2.24) is 0 Å². The summed E-state index contributed by atoms with van der Waals surface area (Å²) in [5, 5.41) is 31.8. The Kier molecular flexibility index (Phi) is 15.3. The van der Waals surface area contributed by atoms with Gasteiger partial charge in [-0.3, -0.25) is 0 Å². The Hall–Kier alpha value is 0.190. The van der Waals surface area contributed by atoms with Crippen molar-refractivity contribution in [3.63, 3.8) is 0 Å². The largest absolute Gasteiger partial charge is 0.396 e. The van der Waals surface area contributed by atoms with E-state index in [0.29, 0.717) is 5.75 Å². The van der Waals surface area contributed by atoms with Crippen LogP contribution in [-0.4, -0.2) is 52.1 Å². The zero-order valence-electron chi connectivity index (χ0n) is 5.64. The van der Waals surface area contributed by atoms with Crippen LogP contribution in [0.15, 0.2) is 0 Å². The van der Waals surface area contributed by atoms with Gasteiger partial charge in [-0.1, -0.05) is 0 Å². The Morgan fingerprint density at radius 3 is 1.40 bits per heavy atom. The van der Waals surface area contributed by atoms with Gasteiger partial charge in [0.15, 0.2) is 0 Å². The van der Waals surface area contributed by atoms with Crippen LogP contribution in [0, 0.1) is 0 Å². The van der Waals surface area contributed by atoms with Gasteiger partial charge in [0.05, 0.1) is 19.8 Å². The number of hydrogen-bond donors (Lipinski definition) is 5. The second-order valence-corrected chi connectivity index (χ2v) is 1.91. The average molecular weight is 170 g/mol. The van der Waals surface area contributed by atoms with E-state index in [-0.39, 0.29) is 19.8 Å². The zero-order valence-corrected chi connectivity index (χ0v) is 6.54. The Morgan fingerprint density at radius 2 is 1.40 bits per heavy atom. The van der Waals surface area contributed by atoms with E-state index < -0.39 is 6.10 Å². The lowest BCUT2D eigenvalue weighted by Gasteiger charge is -1.96. The Labute approximate surface area is 65.5 Å². The van der Waals surface area contributed by atoms with Crippen LogP contribution >= 0.6 is 12.6 Å². The smallest absolute Gasteiger partial charge is 0.100 e. The van der Waals surface area contributed by atoms with E-state index >= 15 is 0 Å². The van der Waals surface area contributed by atoms with Gasteiger partial charge in [0.2, 0.25) is 0 Å². The van der Waals surface area contributed by atoms with E-state index in [1.54, 1.807) is 0 Å². The van der Waals surface area contributed by atoms with E-state index in [1.807, 2.05) is 0 Å². The van der Waals surface area contributed by atoms with Gasteiger partial charge in [-0.2, -0.15) is 12.6 Å². The fourth-order valence-corrected chi connectivity index (χ4v) is 0.0577. The molecule has 0 amide bonds. The topological polar surface area (TPSA) is 80.9 Å². The molecule has 0 aliphatic heterocycles. The molecule has 0 aliphatic carbocycles. The third-order valence-electron chi connectivity index (χ3n) is 0.521. The van der Waals surface area contributed by atoms with Gasteiger partial charge in [-0.05, 0) is 0 Å². The Bertz CT molecular complexity index is 46.9. The molecule has 0 saturated heterocycles. The van der Waals surface area contributed by atoms with E-state index in [1.165, 1.54) is 0 Å². The number of thiol groups is 1. The molecule has 0 atom stereocenters. The number of hydrogen-bond acceptors (Lipinski definition) is 5. The normalized spacial score (nSPS) is 9.00. The maximum Gasteiger partial charge on any atom is 0.100 e. The molecule has 0 aromatic rings. The van der Waals surface area contributed by atoms with E-state index in [2.05, 4.69) is 12.6 Å². The van der Waals surface area contributed by atoms with Crippen LogP contribution in [0.1, 0.15) is 0 Å². The van der Waals surface area contributed by atoms with E-state index in [9.17, 15) is 0 Å². The van der Waals surface area contributed by atoms with Crippen LogP contribution in [0.3, 0.4) is 0 Å². The number of aliphatic hydroxyl groups excluding tert-OH is 4. The van der Waals surface area contributed by atoms with Crippen LogP contribution in [0.25, 0.3) is 0 Å². The van der Waals surface area contributed by atoms with Gasteiger partial charge >= 0.3 is 0 Å². The van der Waals surface area contributed by atoms with Crippen molar-refractivity contribution in [3.05, 3.63) is 0 Å². The molecular formula is C5H14O4S. The van der Waals surface area contributed by atoms with Crippen molar-refractivity contribution in [2.45, 2.75) is 6.10 Å². The van der Waals surface area contributed by atoms with Crippen molar-refractivity contribution < 1.29 is 20.4 Å². The lowest BCUT2D eigenvalue weighted by atomic mass is 10.4. The summed E-state index contributed by atoms with van der Waals surface area (Å²) in [6.07, 6.45) is -0.954. The van der Waals surface area contributed by atoms with Gasteiger partial charge in [0.1, 0.15) is 6.10 Å². The summed E-state index contributed by atoms with van der Waals surface area (Å²) in [6.45, 7) is -0.546. The predicted octanol–water partition coefficient (Wildman–Crippen LogP) is -1.76. The van der Waals surface area contributed by atoms with Gasteiger partial charge in [0.25, 0.3) is 0 Å². The minimum atomic E-state index is -0.954. The summed E-state index contributed by atoms with van der Waals surface area (Å²) in [4.78, 5) is 0. The average Bonchev–Trinajstić information content (AvgIpc) is 2.03. The van der Waals surface area contributed by atoms with Crippen LogP contribution < -0.4 is 0 Å². The van der Waals surface area contributed by atoms with Crippen molar-refractivity contribution in [3.8, 4) is 0 Å². The van der Waals surface area contributed by atoms with Gasteiger partial charge < -0.3 is 20.4 Å². The summed E-state index contributed by atoms with van der Waals surface area (Å²) in [7, 11) is 0. The van der Waals surface area contributed by atoms with Gasteiger partial charge in [0, 0.05) is 5.75 Å². The lowest BCUT2D eigenvalue weighted by molar-refractivity contribution is 0.0450. The first-order chi connectivity index (χ1) is 4.72. The molecule has 0 aromatic carbocycles. The molecule has 0 fully saturated rings. The summed E-state index contributed by atoms with van der Waals surface area (Å²) >= 11 is 3.67. The Balaban J connectivity index is 0. The van der Waals surface area contributed by atoms with Crippen molar-refractivity contribution in [2.24, 2.45) is 0 Å². The number of aliphatic hydroxyl groups is 4. The van der Waals surface area contributed by atoms with Crippen molar-refractivity contribution in [2.75, 3.05) is 25.6 Å². The highest BCUT2D eigenvalue weighted by atomic mass is 32.1. The van der Waals surface area contributed by atoms with Crippen LogP contribution in [-0.2, 0) is 0 Å². The molecule has 0 rings (SSSR count). The first-order valence-corrected chi connectivity index (χ1v) is 3.47. The summed E-state index contributed by atoms with van der Waals surface area (Å²) in [6, 6.07) is 0. The first-order valence-electron chi connectivity index (χ1n) is 2.84. The highest BCUT2D eigenvalue weighted by molar-refractivity contribution is 7.80. The highest BCUT2D eigenvalue weighted by Gasteiger charge is 1.93. The molecule has 10 heavy (non-hydrogen) atoms. The number of rotatable bonds is 3. The van der Waals surface area contributed by atoms with Crippen molar-refractivity contribution >= 4 is 12.6 Å². The molecule has 5 heteroatoms. The Morgan fingerprint density at radius 1 is 1.10 bits per heavy atom. The lowest BCUT2D eigenvalue weighted by Crippen LogP contribution is -2.15. The third-order valence-corrected chi connectivity index (χ3v) is 0.721. The molecule has 0 heterocycles. The minimum absolute atomic E-state index is 0.184. The summed E-state index contributed by atoms with van der Waals surface area (Å²) in [5.41, 5.74) is 0. The molecule has 0 unspecified atom stereocenters. The fourth-order valence-electron chi connectivity index (χ4n) is 0.0577. The standard InChI is InChI=1S/C3H8O3.C2H6OS/c4-1-3(6)2-5;3-1-2-4/h3-6H,1-2H2;3-4H,1-2H2. The first kappa shape index (κ1) is 12.8. The van der Waals surface area contributed by atoms with Gasteiger partial charge in [-0.15, -0.1) is 0 Å². The fraction of sp³-hybridized carbons (Fsp3) is 1.00. The molecule has 0 saturated carbocycles. The highest BCUT2D eigenvalue weighted by Crippen LogP contribution is 1.71. The van der Waals surface area contributed by atoms with Crippen molar-refractivity contribution in [1.29, 1.82) is 0 Å². The van der Waals surface area contributed by atoms with E-state index in [0.717, 1.165) is 0 Å². The molecule has 0 aliphatic rings. The monoisotopic (exact) mass is 170 g/mol. The zero-order chi connectivity index (χ0) is 8.41. The molecule has 0 spiro atoms. The summed E-state index contributed by atoms with van der Waals surface area (Å²) < 4.78 is 0. The molecule has 4 N–H and O–H groups in total. The van der Waals surface area contributed by atoms with Gasteiger partial charge in [-0.25, -0.2) is 0 Å². The maximum atomic E-state index is 8.17. The third kappa shape index (κ3) is 15.7.